The van der Waals surface area contributed by atoms with Gasteiger partial charge < -0.3 is 35.0 Å². The molecule has 0 aromatic heterocycles. The molecule has 0 spiro atoms. The maximum absolute atomic E-state index is 11.7. The van der Waals surface area contributed by atoms with Gasteiger partial charge in [0.2, 0.25) is 5.91 Å². The quantitative estimate of drug-likeness (QED) is 0.210. The van der Waals surface area contributed by atoms with Crippen LogP contribution in [0.5, 0.6) is 0 Å². The Bertz CT molecular complexity index is 612. The van der Waals surface area contributed by atoms with Crippen LogP contribution in [-0.4, -0.2) is 87.1 Å². The van der Waals surface area contributed by atoms with E-state index in [-0.39, 0.29) is 5.84 Å². The number of carboxylic acid groups (broad SMARTS) is 1. The molecule has 1 saturated heterocycles. The number of nitrogens with zero attached hydrogens (tertiary/aromatic N) is 1. The highest BCUT2D eigenvalue weighted by Gasteiger charge is 2.55. The smallest absolute Gasteiger partial charge is 0.364 e. The van der Waals surface area contributed by atoms with Crippen LogP contribution in [0.1, 0.15) is 34.1 Å². The number of carboxylic acids is 1. The van der Waals surface area contributed by atoms with E-state index in [4.69, 9.17) is 14.9 Å². The second-order valence-electron chi connectivity index (χ2n) is 6.67. The molecule has 0 aromatic carbocycles. The molecule has 1 aliphatic rings. The Morgan fingerprint density at radius 2 is 1.89 bits per heavy atom. The van der Waals surface area contributed by atoms with Gasteiger partial charge in [0.25, 0.3) is 5.79 Å². The van der Waals surface area contributed by atoms with Crippen molar-refractivity contribution in [1.29, 1.82) is 5.41 Å². The SMILES string of the molecule is CC(=N)N(C)[C@H]1[C@H]([C@H](NC(C)=O)[C@@H](C)OC(C)=O)O[C@](O)(C(=O)O)C[C@@H]1O. The van der Waals surface area contributed by atoms with Gasteiger partial charge in [-0.1, -0.05) is 0 Å². The average molecular weight is 389 g/mol. The van der Waals surface area contributed by atoms with E-state index in [9.17, 15) is 29.7 Å². The molecule has 11 heteroatoms. The van der Waals surface area contributed by atoms with E-state index in [1.54, 1.807) is 0 Å². The van der Waals surface area contributed by atoms with Crippen LogP contribution < -0.4 is 5.32 Å². The predicted octanol–water partition coefficient (Wildman–Crippen LogP) is -1.34. The number of hydrogen-bond acceptors (Lipinski definition) is 8. The summed E-state index contributed by atoms with van der Waals surface area (Å²) in [6.07, 6.45) is -4.33. The van der Waals surface area contributed by atoms with Crippen molar-refractivity contribution in [3.05, 3.63) is 0 Å². The molecule has 1 rings (SSSR count). The minimum absolute atomic E-state index is 0.0372. The highest BCUT2D eigenvalue weighted by molar-refractivity contribution is 5.78. The molecule has 0 aromatic rings. The van der Waals surface area contributed by atoms with Gasteiger partial charge in [-0.25, -0.2) is 4.79 Å². The van der Waals surface area contributed by atoms with E-state index >= 15 is 0 Å². The van der Waals surface area contributed by atoms with E-state index < -0.39 is 60.4 Å². The Morgan fingerprint density at radius 3 is 2.30 bits per heavy atom. The molecule has 5 N–H and O–H groups in total. The largest absolute Gasteiger partial charge is 0.477 e. The number of aliphatic hydroxyl groups is 2. The molecule has 11 nitrogen and oxygen atoms in total. The molecule has 0 radical (unpaired) electrons. The predicted molar refractivity (Wildman–Crippen MR) is 91.9 cm³/mol. The van der Waals surface area contributed by atoms with E-state index in [0.717, 1.165) is 6.92 Å². The number of ether oxygens (including phenoxy) is 2. The van der Waals surface area contributed by atoms with E-state index in [1.807, 2.05) is 0 Å². The van der Waals surface area contributed by atoms with Gasteiger partial charge in [-0.2, -0.15) is 0 Å². The Balaban J connectivity index is 3.40. The van der Waals surface area contributed by atoms with E-state index in [0.29, 0.717) is 0 Å². The normalized spacial score (nSPS) is 30.0. The third-order valence-corrected chi connectivity index (χ3v) is 4.44. The molecule has 6 atom stereocenters. The van der Waals surface area contributed by atoms with Crippen LogP contribution in [-0.2, 0) is 23.9 Å². The van der Waals surface area contributed by atoms with Gasteiger partial charge in [0, 0.05) is 27.3 Å². The minimum atomic E-state index is -2.70. The van der Waals surface area contributed by atoms with Gasteiger partial charge >= 0.3 is 11.9 Å². The molecule has 1 heterocycles. The number of aliphatic hydroxyl groups excluding tert-OH is 1. The van der Waals surface area contributed by atoms with Crippen molar-refractivity contribution in [2.75, 3.05) is 7.05 Å². The first-order valence-corrected chi connectivity index (χ1v) is 8.34. The second-order valence-corrected chi connectivity index (χ2v) is 6.67. The fourth-order valence-corrected chi connectivity index (χ4v) is 3.13. The second kappa shape index (κ2) is 8.63. The molecule has 0 unspecified atom stereocenters. The fourth-order valence-electron chi connectivity index (χ4n) is 3.13. The summed E-state index contributed by atoms with van der Waals surface area (Å²) in [6.45, 7) is 5.28. The molecule has 1 aliphatic heterocycles. The zero-order valence-corrected chi connectivity index (χ0v) is 15.9. The lowest BCUT2D eigenvalue weighted by molar-refractivity contribution is -0.289. The monoisotopic (exact) mass is 389 g/mol. The molecule has 154 valence electrons. The summed E-state index contributed by atoms with van der Waals surface area (Å²) in [6, 6.07) is -2.09. The lowest BCUT2D eigenvalue weighted by atomic mass is 9.86. The van der Waals surface area contributed by atoms with Crippen LogP contribution in [0, 0.1) is 5.41 Å². The molecular weight excluding hydrogens is 362 g/mol. The summed E-state index contributed by atoms with van der Waals surface area (Å²) in [5, 5.41) is 40.5. The van der Waals surface area contributed by atoms with Crippen molar-refractivity contribution < 1.29 is 39.2 Å². The van der Waals surface area contributed by atoms with Gasteiger partial charge in [0.15, 0.2) is 0 Å². The van der Waals surface area contributed by atoms with Crippen molar-refractivity contribution in [3.63, 3.8) is 0 Å². The number of carbonyl (C=O) groups is 3. The number of esters is 1. The number of amidine groups is 1. The number of likely N-dealkylation sites (N-methyl/N-ethyl adjacent to an activating group) is 1. The van der Waals surface area contributed by atoms with Gasteiger partial charge in [-0.15, -0.1) is 0 Å². The molecule has 27 heavy (non-hydrogen) atoms. The first-order valence-electron chi connectivity index (χ1n) is 8.34. The van der Waals surface area contributed by atoms with Crippen LogP contribution in [0.15, 0.2) is 0 Å². The molecule has 1 amide bonds. The number of aliphatic carboxylic acids is 1. The molecule has 1 fully saturated rings. The zero-order chi connectivity index (χ0) is 21.1. The average Bonchev–Trinajstić information content (AvgIpc) is 2.50. The van der Waals surface area contributed by atoms with Crippen LogP contribution in [0.3, 0.4) is 0 Å². The molecule has 0 aliphatic carbocycles. The van der Waals surface area contributed by atoms with Gasteiger partial charge in [0.1, 0.15) is 12.2 Å². The van der Waals surface area contributed by atoms with Crippen LogP contribution in [0.2, 0.25) is 0 Å². The van der Waals surface area contributed by atoms with Crippen molar-refractivity contribution in [2.24, 2.45) is 0 Å². The summed E-state index contributed by atoms with van der Waals surface area (Å²) >= 11 is 0. The van der Waals surface area contributed by atoms with Gasteiger partial charge in [-0.3, -0.25) is 15.0 Å². The zero-order valence-electron chi connectivity index (χ0n) is 15.9. The Hall–Kier alpha value is -2.24. The van der Waals surface area contributed by atoms with Crippen molar-refractivity contribution >= 4 is 23.7 Å². The Morgan fingerprint density at radius 1 is 1.33 bits per heavy atom. The fraction of sp³-hybridized carbons (Fsp3) is 0.750. The van der Waals surface area contributed by atoms with Crippen molar-refractivity contribution in [3.8, 4) is 0 Å². The van der Waals surface area contributed by atoms with E-state index in [2.05, 4.69) is 5.32 Å². The standard InChI is InChI=1S/C16H27N3O8/c1-7(26-10(4)21)12(18-9(3)20)14-13(19(5)8(2)17)11(22)6-16(25,27-14)15(23)24/h7,11-14,17,22,25H,6H2,1-5H3,(H,18,20)(H,23,24)/t7-,11+,12-,13-,14+,16+/m1/s1. The lowest BCUT2D eigenvalue weighted by Crippen LogP contribution is -2.69. The summed E-state index contributed by atoms with van der Waals surface area (Å²) in [7, 11) is 1.49. The first-order chi connectivity index (χ1) is 12.3. The van der Waals surface area contributed by atoms with Crippen LogP contribution in [0.4, 0.5) is 0 Å². The molecule has 0 saturated carbocycles. The topological polar surface area (TPSA) is 169 Å². The maximum Gasteiger partial charge on any atom is 0.364 e. The van der Waals surface area contributed by atoms with Crippen LogP contribution in [0.25, 0.3) is 0 Å². The summed E-state index contributed by atoms with van der Waals surface area (Å²) < 4.78 is 10.5. The highest BCUT2D eigenvalue weighted by Crippen LogP contribution is 2.33. The van der Waals surface area contributed by atoms with Gasteiger partial charge in [0.05, 0.1) is 24.0 Å². The molecular formula is C16H27N3O8. The summed E-state index contributed by atoms with van der Waals surface area (Å²) in [5.41, 5.74) is 0. The third-order valence-electron chi connectivity index (χ3n) is 4.44. The number of carbonyl (C=O) groups excluding carboxylic acids is 2. The third kappa shape index (κ3) is 5.37. The van der Waals surface area contributed by atoms with E-state index in [1.165, 1.54) is 32.7 Å². The minimum Gasteiger partial charge on any atom is -0.477 e. The van der Waals surface area contributed by atoms with Gasteiger partial charge in [-0.05, 0) is 13.8 Å². The number of rotatable bonds is 6. The first kappa shape index (κ1) is 22.8. The lowest BCUT2D eigenvalue weighted by Gasteiger charge is -2.49. The highest BCUT2D eigenvalue weighted by atomic mass is 16.7. The van der Waals surface area contributed by atoms with Crippen molar-refractivity contribution in [1.82, 2.24) is 10.2 Å². The Kier molecular flexibility index (Phi) is 7.29. The number of nitrogens with one attached hydrogen (secondary N) is 2. The Labute approximate surface area is 156 Å². The van der Waals surface area contributed by atoms with Crippen LogP contribution >= 0.6 is 0 Å². The maximum atomic E-state index is 11.7. The van der Waals surface area contributed by atoms with Crippen molar-refractivity contribution in [2.45, 2.75) is 70.3 Å². The summed E-state index contributed by atoms with van der Waals surface area (Å²) in [5.74, 6) is -5.54. The molecule has 0 bridgehead atoms. The number of amides is 1. The summed E-state index contributed by atoms with van der Waals surface area (Å²) in [4.78, 5) is 35.8. The number of hydrogen-bond donors (Lipinski definition) is 5.